The van der Waals surface area contributed by atoms with E-state index in [1.54, 1.807) is 30.3 Å². The van der Waals surface area contributed by atoms with Gasteiger partial charge in [-0.05, 0) is 45.0 Å². The first-order chi connectivity index (χ1) is 10.8. The van der Waals surface area contributed by atoms with E-state index < -0.39 is 11.5 Å². The average molecular weight is 312 g/mol. The Morgan fingerprint density at radius 2 is 1.74 bits per heavy atom. The molecule has 0 bridgehead atoms. The van der Waals surface area contributed by atoms with Crippen LogP contribution in [-0.4, -0.2) is 33.9 Å². The highest BCUT2D eigenvalue weighted by Crippen LogP contribution is 2.27. The van der Waals surface area contributed by atoms with Gasteiger partial charge in [0.25, 0.3) is 5.91 Å². The smallest absolute Gasteiger partial charge is 0.335 e. The third kappa shape index (κ3) is 3.08. The Labute approximate surface area is 135 Å². The van der Waals surface area contributed by atoms with Crippen LogP contribution in [0.5, 0.6) is 0 Å². The van der Waals surface area contributed by atoms with Crippen molar-refractivity contribution in [1.29, 1.82) is 0 Å². The lowest BCUT2D eigenvalue weighted by Crippen LogP contribution is -2.51. The van der Waals surface area contributed by atoms with E-state index >= 15 is 0 Å². The topological polar surface area (TPSA) is 70.5 Å². The number of carbonyl (C=O) groups is 2. The van der Waals surface area contributed by atoms with Crippen LogP contribution in [0, 0.1) is 13.8 Å². The van der Waals surface area contributed by atoms with Gasteiger partial charge in [-0.3, -0.25) is 9.78 Å². The molecule has 1 aromatic heterocycles. The third-order valence-corrected chi connectivity index (χ3v) is 4.02. The van der Waals surface area contributed by atoms with E-state index in [2.05, 4.69) is 4.98 Å². The summed E-state index contributed by atoms with van der Waals surface area (Å²) in [6.45, 7) is 5.29. The number of amides is 1. The highest BCUT2D eigenvalue weighted by Gasteiger charge is 2.43. The second kappa shape index (κ2) is 6.20. The van der Waals surface area contributed by atoms with Gasteiger partial charge in [0, 0.05) is 18.8 Å². The normalized spacial score (nSPS) is 13.2. The van der Waals surface area contributed by atoms with E-state index in [0.29, 0.717) is 11.3 Å². The van der Waals surface area contributed by atoms with Crippen LogP contribution in [0.15, 0.2) is 42.6 Å². The number of nitrogens with zero attached hydrogens (tertiary/aromatic N) is 2. The summed E-state index contributed by atoms with van der Waals surface area (Å²) < 4.78 is 0. The van der Waals surface area contributed by atoms with Crippen molar-refractivity contribution in [3.63, 3.8) is 0 Å². The van der Waals surface area contributed by atoms with Crippen LogP contribution in [-0.2, 0) is 10.3 Å². The molecule has 1 atom stereocenters. The Bertz CT molecular complexity index is 723. The molecule has 1 heterocycles. The third-order valence-electron chi connectivity index (χ3n) is 4.02. The van der Waals surface area contributed by atoms with Gasteiger partial charge >= 0.3 is 5.97 Å². The summed E-state index contributed by atoms with van der Waals surface area (Å²) in [6.07, 6.45) is 1.52. The molecule has 2 aromatic rings. The van der Waals surface area contributed by atoms with E-state index in [1.807, 2.05) is 19.9 Å². The van der Waals surface area contributed by atoms with E-state index in [-0.39, 0.29) is 5.91 Å². The van der Waals surface area contributed by atoms with Crippen molar-refractivity contribution in [3.8, 4) is 0 Å². The minimum absolute atomic E-state index is 0.313. The molecular weight excluding hydrogens is 292 g/mol. The molecule has 1 aromatic carbocycles. The number of carboxylic acid groups (broad SMARTS) is 1. The molecule has 0 spiro atoms. The number of likely N-dealkylation sites (N-methyl/N-ethyl adjacent to an activating group) is 1. The number of carboxylic acids is 1. The minimum atomic E-state index is -1.55. The van der Waals surface area contributed by atoms with Gasteiger partial charge < -0.3 is 10.0 Å². The van der Waals surface area contributed by atoms with Crippen LogP contribution >= 0.6 is 0 Å². The quantitative estimate of drug-likeness (QED) is 0.942. The fraction of sp³-hybridized carbons (Fsp3) is 0.278. The molecule has 1 amide bonds. The molecule has 0 radical (unpaired) electrons. The fourth-order valence-corrected chi connectivity index (χ4v) is 2.57. The summed E-state index contributed by atoms with van der Waals surface area (Å²) in [6, 6.07) is 10.5. The summed E-state index contributed by atoms with van der Waals surface area (Å²) >= 11 is 0. The molecule has 120 valence electrons. The lowest BCUT2D eigenvalue weighted by molar-refractivity contribution is -0.149. The number of hydrogen-bond donors (Lipinski definition) is 1. The summed E-state index contributed by atoms with van der Waals surface area (Å²) in [5.74, 6) is -1.48. The van der Waals surface area contributed by atoms with Gasteiger partial charge in [-0.1, -0.05) is 23.3 Å². The van der Waals surface area contributed by atoms with Gasteiger partial charge in [0.1, 0.15) is 0 Å². The van der Waals surface area contributed by atoms with E-state index in [9.17, 15) is 14.7 Å². The van der Waals surface area contributed by atoms with Crippen molar-refractivity contribution < 1.29 is 14.7 Å². The van der Waals surface area contributed by atoms with Gasteiger partial charge in [-0.25, -0.2) is 4.79 Å². The molecule has 0 aliphatic heterocycles. The van der Waals surface area contributed by atoms with Crippen molar-refractivity contribution in [3.05, 3.63) is 65.0 Å². The molecule has 5 nitrogen and oxygen atoms in total. The molecule has 23 heavy (non-hydrogen) atoms. The largest absolute Gasteiger partial charge is 0.479 e. The van der Waals surface area contributed by atoms with Gasteiger partial charge in [-0.2, -0.15) is 0 Å². The molecule has 1 N–H and O–H groups in total. The number of benzene rings is 1. The average Bonchev–Trinajstić information content (AvgIpc) is 2.52. The van der Waals surface area contributed by atoms with Crippen LogP contribution < -0.4 is 0 Å². The molecule has 5 heteroatoms. The standard InChI is InChI=1S/C18H20N2O3/c1-12-9-13(2)11-14(10-12)16(21)20(4)18(3,17(22)23)15-7-5-6-8-19-15/h5-11H,1-4H3,(H,22,23)/t18-/m1/s1. The Morgan fingerprint density at radius 3 is 2.22 bits per heavy atom. The Balaban J connectivity index is 2.48. The van der Waals surface area contributed by atoms with Crippen molar-refractivity contribution in [2.24, 2.45) is 0 Å². The zero-order valence-corrected chi connectivity index (χ0v) is 13.7. The highest BCUT2D eigenvalue weighted by molar-refractivity contribution is 5.98. The van der Waals surface area contributed by atoms with Gasteiger partial charge in [-0.15, -0.1) is 0 Å². The maximum Gasteiger partial charge on any atom is 0.335 e. The first-order valence-electron chi connectivity index (χ1n) is 7.28. The van der Waals surface area contributed by atoms with Crippen LogP contribution in [0.2, 0.25) is 0 Å². The van der Waals surface area contributed by atoms with Gasteiger partial charge in [0.15, 0.2) is 5.54 Å². The molecule has 0 fully saturated rings. The first kappa shape index (κ1) is 16.7. The van der Waals surface area contributed by atoms with Gasteiger partial charge in [0.2, 0.25) is 0 Å². The molecular formula is C18H20N2O3. The number of aryl methyl sites for hydroxylation is 2. The molecule has 0 unspecified atom stereocenters. The predicted molar refractivity (Wildman–Crippen MR) is 87.2 cm³/mol. The summed E-state index contributed by atoms with van der Waals surface area (Å²) in [5, 5.41) is 9.73. The number of hydrogen-bond acceptors (Lipinski definition) is 3. The lowest BCUT2D eigenvalue weighted by Gasteiger charge is -2.34. The summed E-state index contributed by atoms with van der Waals surface area (Å²) in [7, 11) is 1.49. The first-order valence-corrected chi connectivity index (χ1v) is 7.28. The van der Waals surface area contributed by atoms with Crippen molar-refractivity contribution >= 4 is 11.9 Å². The van der Waals surface area contributed by atoms with E-state index in [0.717, 1.165) is 11.1 Å². The van der Waals surface area contributed by atoms with Gasteiger partial charge in [0.05, 0.1) is 5.69 Å². The fourth-order valence-electron chi connectivity index (χ4n) is 2.57. The number of aliphatic carboxylic acids is 1. The molecule has 0 saturated carbocycles. The maximum absolute atomic E-state index is 12.8. The number of rotatable bonds is 4. The van der Waals surface area contributed by atoms with Crippen molar-refractivity contribution in [2.75, 3.05) is 7.05 Å². The number of pyridine rings is 1. The van der Waals surface area contributed by atoms with E-state index in [1.165, 1.54) is 25.1 Å². The van der Waals surface area contributed by atoms with Crippen LogP contribution in [0.4, 0.5) is 0 Å². The summed E-state index contributed by atoms with van der Waals surface area (Å²) in [5.41, 5.74) is 1.14. The maximum atomic E-state index is 12.8. The number of aromatic nitrogens is 1. The van der Waals surface area contributed by atoms with Crippen LogP contribution in [0.1, 0.15) is 34.1 Å². The molecule has 0 saturated heterocycles. The van der Waals surface area contributed by atoms with E-state index in [4.69, 9.17) is 0 Å². The molecule has 0 aliphatic rings. The molecule has 2 rings (SSSR count). The predicted octanol–water partition coefficient (Wildman–Crippen LogP) is 2.77. The Morgan fingerprint density at radius 1 is 1.13 bits per heavy atom. The zero-order chi connectivity index (χ0) is 17.2. The SMILES string of the molecule is Cc1cc(C)cc(C(=O)N(C)[C@@](C)(C(=O)O)c2ccccn2)c1. The van der Waals surface area contributed by atoms with Crippen LogP contribution in [0.3, 0.4) is 0 Å². The van der Waals surface area contributed by atoms with Crippen LogP contribution in [0.25, 0.3) is 0 Å². The second-order valence-corrected chi connectivity index (χ2v) is 5.83. The minimum Gasteiger partial charge on any atom is -0.479 e. The highest BCUT2D eigenvalue weighted by atomic mass is 16.4. The lowest BCUT2D eigenvalue weighted by atomic mass is 9.94. The monoisotopic (exact) mass is 312 g/mol. The Hall–Kier alpha value is -2.69. The zero-order valence-electron chi connectivity index (χ0n) is 13.7. The van der Waals surface area contributed by atoms with Crippen molar-refractivity contribution in [2.45, 2.75) is 26.3 Å². The van der Waals surface area contributed by atoms with Crippen molar-refractivity contribution in [1.82, 2.24) is 9.88 Å². The second-order valence-electron chi connectivity index (χ2n) is 5.83. The summed E-state index contributed by atoms with van der Waals surface area (Å²) in [4.78, 5) is 30.1. The molecule has 0 aliphatic carbocycles. The Kier molecular flexibility index (Phi) is 4.50. The number of carbonyl (C=O) groups excluding carboxylic acids is 1.